The van der Waals surface area contributed by atoms with Crippen molar-refractivity contribution < 1.29 is 9.13 Å². The molecule has 1 aliphatic rings. The second-order valence-corrected chi connectivity index (χ2v) is 7.70. The molecule has 0 amide bonds. The predicted octanol–water partition coefficient (Wildman–Crippen LogP) is 5.54. The Hall–Kier alpha value is -1.92. The van der Waals surface area contributed by atoms with Crippen LogP contribution in [0.3, 0.4) is 0 Å². The van der Waals surface area contributed by atoms with E-state index in [0.29, 0.717) is 17.1 Å². The number of aromatic nitrogens is 2. The number of nitrogens with zero attached hydrogens (tertiary/aromatic N) is 3. The van der Waals surface area contributed by atoms with Crippen LogP contribution in [-0.2, 0) is 0 Å². The highest BCUT2D eigenvalue weighted by molar-refractivity contribution is 7.17. The molecule has 0 unspecified atom stereocenters. The van der Waals surface area contributed by atoms with Crippen LogP contribution in [0.25, 0.3) is 21.6 Å². The summed E-state index contributed by atoms with van der Waals surface area (Å²) in [5.41, 5.74) is 1.38. The van der Waals surface area contributed by atoms with E-state index < -0.39 is 5.82 Å². The van der Waals surface area contributed by atoms with Crippen molar-refractivity contribution in [3.05, 3.63) is 34.4 Å². The summed E-state index contributed by atoms with van der Waals surface area (Å²) in [5.74, 6) is 1.35. The normalized spacial score (nSPS) is 15.3. The standard InChI is InChI=1S/C19H19ClFN3OS/c1-25-16-11-13(20)14(21)10-12(16)18-22-15-6-9-26-17(15)19(23-18)24-7-4-2-3-5-8-24/h6,9-11H,2-5,7-8H2,1H3. The number of benzene rings is 1. The molecule has 0 spiro atoms. The smallest absolute Gasteiger partial charge is 0.166 e. The Morgan fingerprint density at radius 1 is 1.15 bits per heavy atom. The van der Waals surface area contributed by atoms with E-state index in [2.05, 4.69) is 9.88 Å². The quantitative estimate of drug-likeness (QED) is 0.587. The molecular weight excluding hydrogens is 373 g/mol. The Kier molecular flexibility index (Phi) is 4.96. The second-order valence-electron chi connectivity index (χ2n) is 6.37. The van der Waals surface area contributed by atoms with Crippen LogP contribution in [0.5, 0.6) is 5.75 Å². The fourth-order valence-electron chi connectivity index (χ4n) is 3.34. The van der Waals surface area contributed by atoms with Gasteiger partial charge in [0, 0.05) is 19.2 Å². The van der Waals surface area contributed by atoms with Crippen LogP contribution in [0.4, 0.5) is 10.2 Å². The minimum atomic E-state index is -0.507. The Morgan fingerprint density at radius 3 is 2.65 bits per heavy atom. The zero-order valence-corrected chi connectivity index (χ0v) is 16.0. The molecule has 3 heterocycles. The molecule has 0 N–H and O–H groups in total. The molecule has 1 aromatic carbocycles. The van der Waals surface area contributed by atoms with Crippen molar-refractivity contribution in [2.45, 2.75) is 25.7 Å². The topological polar surface area (TPSA) is 38.2 Å². The summed E-state index contributed by atoms with van der Waals surface area (Å²) in [6.07, 6.45) is 4.81. The average Bonchev–Trinajstić information content (AvgIpc) is 2.96. The van der Waals surface area contributed by atoms with Crippen molar-refractivity contribution in [1.82, 2.24) is 9.97 Å². The van der Waals surface area contributed by atoms with Crippen molar-refractivity contribution in [1.29, 1.82) is 0 Å². The molecule has 0 bridgehead atoms. The van der Waals surface area contributed by atoms with E-state index in [0.717, 1.165) is 42.0 Å². The van der Waals surface area contributed by atoms with Gasteiger partial charge in [-0.3, -0.25) is 0 Å². The van der Waals surface area contributed by atoms with Crippen LogP contribution < -0.4 is 9.64 Å². The van der Waals surface area contributed by atoms with Crippen molar-refractivity contribution in [2.75, 3.05) is 25.1 Å². The third-order valence-corrected chi connectivity index (χ3v) is 5.86. The number of anilines is 1. The van der Waals surface area contributed by atoms with Gasteiger partial charge < -0.3 is 9.64 Å². The number of fused-ring (bicyclic) bond motifs is 1. The largest absolute Gasteiger partial charge is 0.496 e. The molecule has 26 heavy (non-hydrogen) atoms. The van der Waals surface area contributed by atoms with E-state index in [9.17, 15) is 4.39 Å². The molecule has 0 saturated carbocycles. The van der Waals surface area contributed by atoms with E-state index >= 15 is 0 Å². The summed E-state index contributed by atoms with van der Waals surface area (Å²) in [6.45, 7) is 1.96. The van der Waals surface area contributed by atoms with Crippen LogP contribution >= 0.6 is 22.9 Å². The Morgan fingerprint density at radius 2 is 1.92 bits per heavy atom. The van der Waals surface area contributed by atoms with Gasteiger partial charge in [-0.15, -0.1) is 11.3 Å². The third-order valence-electron chi connectivity index (χ3n) is 4.67. The van der Waals surface area contributed by atoms with Crippen molar-refractivity contribution in [3.8, 4) is 17.1 Å². The first-order chi connectivity index (χ1) is 12.7. The van der Waals surface area contributed by atoms with Crippen LogP contribution in [0, 0.1) is 5.82 Å². The third kappa shape index (κ3) is 3.23. The maximum absolute atomic E-state index is 14.1. The number of methoxy groups -OCH3 is 1. The second kappa shape index (κ2) is 7.37. The van der Waals surface area contributed by atoms with Gasteiger partial charge in [-0.25, -0.2) is 14.4 Å². The van der Waals surface area contributed by atoms with Gasteiger partial charge >= 0.3 is 0 Å². The lowest BCUT2D eigenvalue weighted by atomic mass is 10.1. The number of ether oxygens (including phenoxy) is 1. The maximum atomic E-state index is 14.1. The minimum absolute atomic E-state index is 0.0231. The average molecular weight is 392 g/mol. The first-order valence-corrected chi connectivity index (χ1v) is 9.96. The molecule has 0 atom stereocenters. The van der Waals surface area contributed by atoms with Gasteiger partial charge in [0.1, 0.15) is 11.6 Å². The van der Waals surface area contributed by atoms with Gasteiger partial charge in [0.2, 0.25) is 0 Å². The van der Waals surface area contributed by atoms with Crippen LogP contribution in [0.15, 0.2) is 23.6 Å². The summed E-state index contributed by atoms with van der Waals surface area (Å²) >= 11 is 7.54. The lowest BCUT2D eigenvalue weighted by Crippen LogP contribution is -2.25. The zero-order valence-electron chi connectivity index (χ0n) is 14.5. The van der Waals surface area contributed by atoms with Crippen LogP contribution in [0.2, 0.25) is 5.02 Å². The molecule has 0 aliphatic carbocycles. The van der Waals surface area contributed by atoms with Crippen molar-refractivity contribution >= 4 is 39.0 Å². The fraction of sp³-hybridized carbons (Fsp3) is 0.368. The van der Waals surface area contributed by atoms with E-state index in [1.807, 2.05) is 11.4 Å². The van der Waals surface area contributed by atoms with Gasteiger partial charge in [0.25, 0.3) is 0 Å². The van der Waals surface area contributed by atoms with Gasteiger partial charge in [-0.2, -0.15) is 0 Å². The molecule has 1 saturated heterocycles. The number of thiophene rings is 1. The summed E-state index contributed by atoms with van der Waals surface area (Å²) < 4.78 is 20.6. The maximum Gasteiger partial charge on any atom is 0.166 e. The van der Waals surface area contributed by atoms with E-state index in [4.69, 9.17) is 21.3 Å². The number of hydrogen-bond acceptors (Lipinski definition) is 5. The number of halogens is 2. The highest BCUT2D eigenvalue weighted by Crippen LogP contribution is 2.37. The van der Waals surface area contributed by atoms with Gasteiger partial charge in [0.05, 0.1) is 27.9 Å². The summed E-state index contributed by atoms with van der Waals surface area (Å²) in [4.78, 5) is 11.8. The van der Waals surface area contributed by atoms with Gasteiger partial charge in [-0.05, 0) is 30.4 Å². The molecule has 7 heteroatoms. The molecule has 1 fully saturated rings. The molecule has 2 aromatic heterocycles. The lowest BCUT2D eigenvalue weighted by Gasteiger charge is -2.22. The highest BCUT2D eigenvalue weighted by atomic mass is 35.5. The first kappa shape index (κ1) is 17.5. The molecule has 0 radical (unpaired) electrons. The number of hydrogen-bond donors (Lipinski definition) is 0. The van der Waals surface area contributed by atoms with Gasteiger partial charge in [0.15, 0.2) is 11.6 Å². The highest BCUT2D eigenvalue weighted by Gasteiger charge is 2.20. The minimum Gasteiger partial charge on any atom is -0.496 e. The zero-order chi connectivity index (χ0) is 18.1. The molecule has 136 valence electrons. The molecule has 4 nitrogen and oxygen atoms in total. The molecule has 1 aliphatic heterocycles. The van der Waals surface area contributed by atoms with E-state index in [-0.39, 0.29) is 5.02 Å². The summed E-state index contributed by atoms with van der Waals surface area (Å²) in [7, 11) is 1.53. The first-order valence-electron chi connectivity index (χ1n) is 8.71. The molecule has 4 rings (SSSR count). The summed E-state index contributed by atoms with van der Waals surface area (Å²) in [5, 5.41) is 2.04. The van der Waals surface area contributed by atoms with Crippen LogP contribution in [-0.4, -0.2) is 30.2 Å². The Labute approximate surface area is 160 Å². The predicted molar refractivity (Wildman–Crippen MR) is 105 cm³/mol. The lowest BCUT2D eigenvalue weighted by molar-refractivity contribution is 0.415. The SMILES string of the molecule is COc1cc(Cl)c(F)cc1-c1nc(N2CCCCCC2)c2sccc2n1. The summed E-state index contributed by atoms with van der Waals surface area (Å²) in [6, 6.07) is 4.80. The monoisotopic (exact) mass is 391 g/mol. The fourth-order valence-corrected chi connectivity index (χ4v) is 4.34. The van der Waals surface area contributed by atoms with E-state index in [1.165, 1.54) is 32.1 Å². The number of rotatable bonds is 3. The van der Waals surface area contributed by atoms with E-state index in [1.54, 1.807) is 11.3 Å². The molecular formula is C19H19ClFN3OS. The molecule has 3 aromatic rings. The van der Waals surface area contributed by atoms with Crippen molar-refractivity contribution in [2.24, 2.45) is 0 Å². The Bertz CT molecular complexity index is 938. The van der Waals surface area contributed by atoms with Gasteiger partial charge in [-0.1, -0.05) is 24.4 Å². The van der Waals surface area contributed by atoms with Crippen LogP contribution in [0.1, 0.15) is 25.7 Å². The van der Waals surface area contributed by atoms with Crippen molar-refractivity contribution in [3.63, 3.8) is 0 Å². The Balaban J connectivity index is 1.88.